The first-order chi connectivity index (χ1) is 5.54. The zero-order valence-corrected chi connectivity index (χ0v) is 10.8. The van der Waals surface area contributed by atoms with Crippen LogP contribution in [0.2, 0.25) is 0 Å². The largest absolute Gasteiger partial charge is 3.00 e. The van der Waals surface area contributed by atoms with Gasteiger partial charge in [-0.2, -0.15) is 0 Å². The van der Waals surface area contributed by atoms with Gasteiger partial charge in [-0.25, -0.2) is 0 Å². The summed E-state index contributed by atoms with van der Waals surface area (Å²) in [4.78, 5) is 19.2. The number of hydrogen-bond acceptors (Lipinski definition) is 2. The molecule has 0 saturated heterocycles. The Bertz CT molecular complexity index is 188. The van der Waals surface area contributed by atoms with Crippen molar-refractivity contribution in [2.75, 3.05) is 0 Å². The second kappa shape index (κ2) is 36.4. The van der Waals surface area contributed by atoms with E-state index in [-0.39, 0.29) is 41.4 Å². The molecular weight excluding hydrogens is 275 g/mol. The second-order valence-electron chi connectivity index (χ2n) is 1.73. The number of rotatable bonds is 2. The van der Waals surface area contributed by atoms with Crippen molar-refractivity contribution in [1.82, 2.24) is 0 Å². The molecule has 0 rings (SSSR count). The summed E-state index contributed by atoms with van der Waals surface area (Å²) in [5.41, 5.74) is 0. The Hall–Kier alpha value is -1.23. The first-order valence-electron chi connectivity index (χ1n) is 3.31. The van der Waals surface area contributed by atoms with Gasteiger partial charge < -0.3 is 34.8 Å². The molecule has 9 heteroatoms. The van der Waals surface area contributed by atoms with E-state index in [0.717, 1.165) is 0 Å². The van der Waals surface area contributed by atoms with Crippen molar-refractivity contribution in [3.05, 3.63) is 48.9 Å². The minimum atomic E-state index is -0.641. The van der Waals surface area contributed by atoms with Gasteiger partial charge in [0, 0.05) is 9.59 Å². The first kappa shape index (κ1) is 44.7. The van der Waals surface area contributed by atoms with E-state index < -0.39 is 11.9 Å². The fraction of sp³-hybridized carbons (Fsp3) is 0.250. The molecule has 0 saturated carbocycles. The van der Waals surface area contributed by atoms with Gasteiger partial charge in [0.05, 0.1) is 12.2 Å². The molecular formula is C8H22CoN4O4+. The van der Waals surface area contributed by atoms with Gasteiger partial charge in [-0.3, -0.25) is 0 Å². The summed E-state index contributed by atoms with van der Waals surface area (Å²) in [6.07, 6.45) is 5.46. The van der Waals surface area contributed by atoms with Gasteiger partial charge in [0.15, 0.2) is 0 Å². The first-order valence-corrected chi connectivity index (χ1v) is 3.31. The Morgan fingerprint density at radius 1 is 0.765 bits per heavy atom. The Morgan fingerprint density at radius 2 is 0.941 bits per heavy atom. The molecule has 0 bridgehead atoms. The monoisotopic (exact) mass is 297 g/mol. The molecule has 0 amide bonds. The van der Waals surface area contributed by atoms with Gasteiger partial charge in [0.1, 0.15) is 0 Å². The molecule has 0 unspecified atom stereocenters. The maximum absolute atomic E-state index is 9.62. The van der Waals surface area contributed by atoms with E-state index in [1.165, 1.54) is 24.3 Å². The van der Waals surface area contributed by atoms with Crippen molar-refractivity contribution in [2.45, 2.75) is 13.8 Å². The summed E-state index contributed by atoms with van der Waals surface area (Å²) in [7, 11) is 0. The standard InChI is InChI=1S/2C4H6O2.Co.4H2N/c2*1-2-3-4(5)6;;;;;/h2*2-3H,1H3,(H,5,6);;4*1H2/q;;+3;4*-1/p+2. The van der Waals surface area contributed by atoms with E-state index in [9.17, 15) is 9.59 Å². The number of nitrogens with two attached hydrogens (primary N) is 4. The molecule has 0 radical (unpaired) electrons. The summed E-state index contributed by atoms with van der Waals surface area (Å²) in [6, 6.07) is 0. The van der Waals surface area contributed by atoms with Crippen LogP contribution in [0, 0.1) is 0 Å². The molecule has 8 nitrogen and oxygen atoms in total. The van der Waals surface area contributed by atoms with Crippen molar-refractivity contribution in [3.8, 4) is 0 Å². The SMILES string of the molecule is CC=CC(=O)[OH2+].CC=CC(=O)[OH2+].[Co+3].[NH2-].[NH2-].[NH2-].[NH2-]. The molecule has 0 fully saturated rings. The predicted molar refractivity (Wildman–Crippen MR) is 68.0 cm³/mol. The Labute approximate surface area is 112 Å². The van der Waals surface area contributed by atoms with E-state index in [0.29, 0.717) is 0 Å². The molecule has 0 heterocycles. The van der Waals surface area contributed by atoms with Gasteiger partial charge in [0.25, 0.3) is 0 Å². The normalized spacial score (nSPS) is 6.71. The Morgan fingerprint density at radius 3 is 0.941 bits per heavy atom. The fourth-order valence-corrected chi connectivity index (χ4v) is 0.303. The maximum atomic E-state index is 9.62. The van der Waals surface area contributed by atoms with Crippen LogP contribution in [-0.4, -0.2) is 22.2 Å². The Kier molecular flexibility index (Phi) is 95.8. The predicted octanol–water partition coefficient (Wildman–Crippen LogP) is 2.49. The molecule has 17 heavy (non-hydrogen) atoms. The summed E-state index contributed by atoms with van der Waals surface area (Å²) in [5, 5.41) is 12.5. The molecule has 0 aromatic carbocycles. The van der Waals surface area contributed by atoms with Gasteiger partial charge in [0.2, 0.25) is 0 Å². The van der Waals surface area contributed by atoms with Crippen molar-refractivity contribution >= 4 is 11.9 Å². The van der Waals surface area contributed by atoms with Gasteiger partial charge in [-0.05, 0) is 13.8 Å². The van der Waals surface area contributed by atoms with Crippen LogP contribution in [-0.2, 0) is 26.4 Å². The second-order valence-corrected chi connectivity index (χ2v) is 1.73. The van der Waals surface area contributed by atoms with E-state index in [1.54, 1.807) is 13.8 Å². The number of carbonyl (C=O) groups excluding carboxylic acids is 2. The van der Waals surface area contributed by atoms with Gasteiger partial charge in [-0.1, -0.05) is 12.2 Å². The maximum Gasteiger partial charge on any atom is 3.00 e. The van der Waals surface area contributed by atoms with Crippen LogP contribution in [0.25, 0.3) is 24.6 Å². The summed E-state index contributed by atoms with van der Waals surface area (Å²) in [5.74, 6) is -1.28. The number of carbonyl (C=O) groups is 2. The summed E-state index contributed by atoms with van der Waals surface area (Å²) in [6.45, 7) is 3.40. The number of allylic oxidation sites excluding steroid dienone is 2. The molecule has 0 aromatic rings. The van der Waals surface area contributed by atoms with Crippen molar-refractivity contribution in [1.29, 1.82) is 0 Å². The van der Waals surface area contributed by atoms with Crippen LogP contribution >= 0.6 is 0 Å². The summed E-state index contributed by atoms with van der Waals surface area (Å²) < 4.78 is 0. The molecule has 12 N–H and O–H groups in total. The molecule has 0 aromatic heterocycles. The minimum absolute atomic E-state index is 0. The quantitative estimate of drug-likeness (QED) is 0.554. The van der Waals surface area contributed by atoms with E-state index in [2.05, 4.69) is 0 Å². The van der Waals surface area contributed by atoms with Crippen LogP contribution in [0.3, 0.4) is 0 Å². The van der Waals surface area contributed by atoms with Crippen LogP contribution in [0.4, 0.5) is 0 Å². The smallest absolute Gasteiger partial charge is 0.693 e. The average molecular weight is 297 g/mol. The van der Waals surface area contributed by atoms with E-state index in [1.807, 2.05) is 0 Å². The van der Waals surface area contributed by atoms with Crippen LogP contribution < -0.4 is 0 Å². The van der Waals surface area contributed by atoms with E-state index in [4.69, 9.17) is 10.2 Å². The van der Waals surface area contributed by atoms with Crippen LogP contribution in [0.1, 0.15) is 13.8 Å². The molecule has 106 valence electrons. The molecule has 0 aliphatic heterocycles. The van der Waals surface area contributed by atoms with Crippen LogP contribution in [0.15, 0.2) is 24.3 Å². The zero-order valence-electron chi connectivity index (χ0n) is 9.77. The molecule has 0 spiro atoms. The third-order valence-electron chi connectivity index (χ3n) is 0.636. The Balaban J connectivity index is -0.0000000182. The fourth-order valence-electron chi connectivity index (χ4n) is 0.303. The van der Waals surface area contributed by atoms with Gasteiger partial charge in [-0.15, -0.1) is 0 Å². The zero-order chi connectivity index (χ0) is 9.98. The summed E-state index contributed by atoms with van der Waals surface area (Å²) >= 11 is 0. The minimum Gasteiger partial charge on any atom is -0.693 e. The molecule has 0 aliphatic carbocycles. The number of hydrogen-bond donors (Lipinski definition) is 0. The van der Waals surface area contributed by atoms with E-state index >= 15 is 0 Å². The van der Waals surface area contributed by atoms with Gasteiger partial charge >= 0.3 is 28.7 Å². The third-order valence-corrected chi connectivity index (χ3v) is 0.636. The average Bonchev–Trinajstić information content (AvgIpc) is 1.87. The van der Waals surface area contributed by atoms with Crippen molar-refractivity contribution in [2.24, 2.45) is 0 Å². The topological polar surface area (TPSA) is 214 Å². The van der Waals surface area contributed by atoms with Crippen molar-refractivity contribution in [3.63, 3.8) is 0 Å². The van der Waals surface area contributed by atoms with Crippen molar-refractivity contribution < 1.29 is 36.6 Å². The third kappa shape index (κ3) is 106. The molecule has 0 aliphatic rings. The van der Waals surface area contributed by atoms with Crippen LogP contribution in [0.5, 0.6) is 0 Å². The molecule has 0 atom stereocenters.